The van der Waals surface area contributed by atoms with Gasteiger partial charge in [0.15, 0.2) is 5.78 Å². The summed E-state index contributed by atoms with van der Waals surface area (Å²) in [5.74, 6) is 0.917. The summed E-state index contributed by atoms with van der Waals surface area (Å²) in [7, 11) is 1.65. The minimum Gasteiger partial charge on any atom is -0.497 e. The monoisotopic (exact) mass is 466 g/mol. The Kier molecular flexibility index (Phi) is 6.16. The average Bonchev–Trinajstić information content (AvgIpc) is 3.03. The molecule has 3 aromatic carbocycles. The van der Waals surface area contributed by atoms with E-state index < -0.39 is 6.04 Å². The van der Waals surface area contributed by atoms with Gasteiger partial charge < -0.3 is 10.1 Å². The number of rotatable bonds is 4. The molecule has 5 rings (SSSR count). The second kappa shape index (κ2) is 9.41. The smallest absolute Gasteiger partial charge is 0.227 e. The number of methoxy groups -OCH3 is 1. The number of anilines is 2. The summed E-state index contributed by atoms with van der Waals surface area (Å²) in [5.41, 5.74) is 6.42. The minimum absolute atomic E-state index is 0.0105. The van der Waals surface area contributed by atoms with Crippen LogP contribution in [0.4, 0.5) is 11.4 Å². The van der Waals surface area contributed by atoms with Crippen molar-refractivity contribution >= 4 is 23.1 Å². The average molecular weight is 467 g/mol. The summed E-state index contributed by atoms with van der Waals surface area (Å²) in [4.78, 5) is 29.1. The van der Waals surface area contributed by atoms with Gasteiger partial charge in [-0.25, -0.2) is 0 Å². The van der Waals surface area contributed by atoms with E-state index in [-0.39, 0.29) is 17.6 Å². The molecule has 0 spiro atoms. The lowest BCUT2D eigenvalue weighted by molar-refractivity contribution is -0.119. The van der Waals surface area contributed by atoms with E-state index >= 15 is 0 Å². The van der Waals surface area contributed by atoms with Crippen LogP contribution in [0.25, 0.3) is 0 Å². The van der Waals surface area contributed by atoms with Gasteiger partial charge in [0.25, 0.3) is 0 Å². The number of benzene rings is 3. The number of nitrogens with one attached hydrogen (secondary N) is 1. The Morgan fingerprint density at radius 3 is 2.34 bits per heavy atom. The molecule has 3 aromatic rings. The first kappa shape index (κ1) is 22.9. The fraction of sp³-hybridized carbons (Fsp3) is 0.267. The van der Waals surface area contributed by atoms with Crippen LogP contribution in [0.5, 0.6) is 5.75 Å². The molecule has 0 fully saturated rings. The van der Waals surface area contributed by atoms with Gasteiger partial charge >= 0.3 is 0 Å². The van der Waals surface area contributed by atoms with Crippen molar-refractivity contribution in [2.75, 3.05) is 17.3 Å². The molecular weight excluding hydrogens is 436 g/mol. The van der Waals surface area contributed by atoms with Crippen molar-refractivity contribution in [3.05, 3.63) is 101 Å². The summed E-state index contributed by atoms with van der Waals surface area (Å²) in [6.07, 6.45) is 1.44. The number of ether oxygens (including phenoxy) is 1. The van der Waals surface area contributed by atoms with Crippen molar-refractivity contribution in [1.82, 2.24) is 0 Å². The summed E-state index contributed by atoms with van der Waals surface area (Å²) in [5, 5.41) is 3.57. The van der Waals surface area contributed by atoms with Gasteiger partial charge in [-0.2, -0.15) is 0 Å². The Bertz CT molecular complexity index is 1290. The highest BCUT2D eigenvalue weighted by atomic mass is 16.5. The molecule has 1 N–H and O–H groups in total. The lowest BCUT2D eigenvalue weighted by Gasteiger charge is -2.35. The maximum atomic E-state index is 13.9. The first-order chi connectivity index (χ1) is 17.0. The number of carbonyl (C=O) groups excluding carboxylic acids is 2. The molecular formula is C30H30N2O3. The zero-order chi connectivity index (χ0) is 24.5. The van der Waals surface area contributed by atoms with Gasteiger partial charge in [0, 0.05) is 24.1 Å². The van der Waals surface area contributed by atoms with Gasteiger partial charge in [0.05, 0.1) is 24.5 Å². The molecule has 5 heteroatoms. The normalized spacial score (nSPS) is 19.4. The molecule has 1 amide bonds. The van der Waals surface area contributed by atoms with Crippen LogP contribution in [0.15, 0.2) is 84.1 Å². The van der Waals surface area contributed by atoms with Crippen molar-refractivity contribution in [2.45, 2.75) is 45.1 Å². The number of nitrogens with zero attached hydrogens (tertiary/aromatic N) is 1. The summed E-state index contributed by atoms with van der Waals surface area (Å²) < 4.78 is 5.31. The number of allylic oxidation sites excluding steroid dienone is 1. The van der Waals surface area contributed by atoms with Gasteiger partial charge in [-0.1, -0.05) is 61.0 Å². The molecule has 0 radical (unpaired) electrons. The van der Waals surface area contributed by atoms with Crippen LogP contribution in [0, 0.1) is 6.92 Å². The van der Waals surface area contributed by atoms with Crippen molar-refractivity contribution in [3.8, 4) is 5.75 Å². The summed E-state index contributed by atoms with van der Waals surface area (Å²) in [6.45, 7) is 3.91. The number of fused-ring (bicyclic) bond motifs is 1. The molecule has 1 heterocycles. The van der Waals surface area contributed by atoms with E-state index in [9.17, 15) is 9.59 Å². The number of carbonyl (C=O) groups is 2. The molecule has 0 unspecified atom stereocenters. The molecule has 0 saturated carbocycles. The van der Waals surface area contributed by atoms with Crippen molar-refractivity contribution < 1.29 is 14.3 Å². The molecule has 2 atom stereocenters. The number of aryl methyl sites for hydroxylation is 1. The zero-order valence-corrected chi connectivity index (χ0v) is 20.4. The number of hydrogen-bond acceptors (Lipinski definition) is 4. The minimum atomic E-state index is -0.474. The molecule has 35 heavy (non-hydrogen) atoms. The van der Waals surface area contributed by atoms with Crippen molar-refractivity contribution in [3.63, 3.8) is 0 Å². The molecule has 178 valence electrons. The van der Waals surface area contributed by atoms with E-state index in [0.717, 1.165) is 39.5 Å². The van der Waals surface area contributed by atoms with E-state index in [4.69, 9.17) is 4.74 Å². The second-order valence-corrected chi connectivity index (χ2v) is 9.27. The Labute approximate surface area is 206 Å². The van der Waals surface area contributed by atoms with Crippen LogP contribution in [-0.4, -0.2) is 18.8 Å². The van der Waals surface area contributed by atoms with Crippen LogP contribution in [-0.2, 0) is 9.59 Å². The van der Waals surface area contributed by atoms with Gasteiger partial charge in [-0.3, -0.25) is 14.5 Å². The number of para-hydroxylation sites is 2. The van der Waals surface area contributed by atoms with Crippen LogP contribution < -0.4 is 15.0 Å². The maximum absolute atomic E-state index is 13.9. The van der Waals surface area contributed by atoms with Crippen LogP contribution in [0.2, 0.25) is 0 Å². The number of amides is 1. The Balaban J connectivity index is 1.67. The Morgan fingerprint density at radius 1 is 0.971 bits per heavy atom. The van der Waals surface area contributed by atoms with E-state index in [0.29, 0.717) is 24.8 Å². The standard InChI is InChI=1S/C30H30N2O3/c1-4-28(34)32-26-8-6-5-7-24(26)31-25-17-22(20-13-15-23(35-3)16-14-20)18-27(33)29(25)30(32)21-11-9-19(2)10-12-21/h5-16,22,30-31H,4,17-18H2,1-3H3/t22-,30-/m0/s1. The van der Waals surface area contributed by atoms with E-state index in [1.807, 2.05) is 91.5 Å². The van der Waals surface area contributed by atoms with Gasteiger partial charge in [0.1, 0.15) is 5.75 Å². The third-order valence-corrected chi connectivity index (χ3v) is 7.04. The summed E-state index contributed by atoms with van der Waals surface area (Å²) in [6, 6.07) is 23.5. The zero-order valence-electron chi connectivity index (χ0n) is 20.4. The predicted molar refractivity (Wildman–Crippen MR) is 139 cm³/mol. The largest absolute Gasteiger partial charge is 0.497 e. The molecule has 1 aliphatic carbocycles. The van der Waals surface area contributed by atoms with Gasteiger partial charge in [0.2, 0.25) is 5.91 Å². The Hall–Kier alpha value is -3.86. The third kappa shape index (κ3) is 4.23. The van der Waals surface area contributed by atoms with Gasteiger partial charge in [-0.15, -0.1) is 0 Å². The fourth-order valence-corrected chi connectivity index (χ4v) is 5.21. The highest BCUT2D eigenvalue weighted by Gasteiger charge is 2.41. The molecule has 1 aliphatic heterocycles. The predicted octanol–water partition coefficient (Wildman–Crippen LogP) is 6.31. The quantitative estimate of drug-likeness (QED) is 0.489. The first-order valence-corrected chi connectivity index (χ1v) is 12.1. The second-order valence-electron chi connectivity index (χ2n) is 9.27. The highest BCUT2D eigenvalue weighted by Crippen LogP contribution is 2.47. The number of hydrogen-bond donors (Lipinski definition) is 1. The van der Waals surface area contributed by atoms with Crippen LogP contribution >= 0.6 is 0 Å². The SMILES string of the molecule is CCC(=O)N1c2ccccc2NC2=C(C(=O)C[C@@H](c3ccc(OC)cc3)C2)[C@@H]1c1ccc(C)cc1. The maximum Gasteiger partial charge on any atom is 0.227 e. The Morgan fingerprint density at radius 2 is 1.66 bits per heavy atom. The van der Waals surface area contributed by atoms with E-state index in [1.165, 1.54) is 0 Å². The number of Topliss-reactive ketones (excluding diaryl/α,β-unsaturated/α-hetero) is 1. The number of ketones is 1. The lowest BCUT2D eigenvalue weighted by Crippen LogP contribution is -2.38. The highest BCUT2D eigenvalue weighted by molar-refractivity contribution is 6.06. The third-order valence-electron chi connectivity index (χ3n) is 7.04. The molecule has 0 saturated heterocycles. The van der Waals surface area contributed by atoms with Crippen LogP contribution in [0.3, 0.4) is 0 Å². The van der Waals surface area contributed by atoms with E-state index in [1.54, 1.807) is 7.11 Å². The molecule has 5 nitrogen and oxygen atoms in total. The summed E-state index contributed by atoms with van der Waals surface area (Å²) >= 11 is 0. The van der Waals surface area contributed by atoms with Gasteiger partial charge in [-0.05, 0) is 54.7 Å². The molecule has 2 aliphatic rings. The molecule has 0 aromatic heterocycles. The first-order valence-electron chi connectivity index (χ1n) is 12.1. The fourth-order valence-electron chi connectivity index (χ4n) is 5.21. The van der Waals surface area contributed by atoms with Crippen molar-refractivity contribution in [2.24, 2.45) is 0 Å². The van der Waals surface area contributed by atoms with E-state index in [2.05, 4.69) is 5.32 Å². The van der Waals surface area contributed by atoms with Crippen molar-refractivity contribution in [1.29, 1.82) is 0 Å². The lowest BCUT2D eigenvalue weighted by atomic mass is 9.78. The topological polar surface area (TPSA) is 58.6 Å². The van der Waals surface area contributed by atoms with Crippen LogP contribution in [0.1, 0.15) is 54.8 Å². The molecule has 0 bridgehead atoms.